The largest absolute Gasteiger partial charge is 0.461 e. The van der Waals surface area contributed by atoms with Crippen LogP contribution in [0.2, 0.25) is 0 Å². The number of rotatable bonds is 1. The summed E-state index contributed by atoms with van der Waals surface area (Å²) in [5, 5.41) is 13.0. The van der Waals surface area contributed by atoms with E-state index in [0.29, 0.717) is 0 Å². The van der Waals surface area contributed by atoms with Gasteiger partial charge in [0.25, 0.3) is 16.1 Å². The minimum atomic E-state index is 1.28. The van der Waals surface area contributed by atoms with E-state index in [1.54, 1.807) is 0 Å². The Labute approximate surface area is 98.5 Å². The highest BCUT2D eigenvalue weighted by molar-refractivity contribution is 5.95. The molecule has 0 amide bonds. The van der Waals surface area contributed by atoms with Gasteiger partial charge in [-0.05, 0) is 11.1 Å². The lowest BCUT2D eigenvalue weighted by molar-refractivity contribution is 0.628. The van der Waals surface area contributed by atoms with E-state index in [9.17, 15) is 0 Å². The zero-order chi connectivity index (χ0) is 12.2. The van der Waals surface area contributed by atoms with Crippen LogP contribution in [0.4, 0.5) is 0 Å². The molecule has 4 heteroatoms. The molecule has 0 saturated carbocycles. The third-order valence-electron chi connectivity index (χ3n) is 1.88. The van der Waals surface area contributed by atoms with Crippen molar-refractivity contribution in [3.05, 3.63) is 60.7 Å². The molecule has 0 aliphatic carbocycles. The van der Waals surface area contributed by atoms with Crippen molar-refractivity contribution in [2.24, 2.45) is 0 Å². The maximum atomic E-state index is 6.50. The Bertz CT molecular complexity index is 314. The summed E-state index contributed by atoms with van der Waals surface area (Å²) in [5.74, 6) is 0. The van der Waals surface area contributed by atoms with Crippen LogP contribution >= 0.6 is 0 Å². The predicted molar refractivity (Wildman–Crippen MR) is 67.8 cm³/mol. The molecule has 2 N–H and O–H groups in total. The van der Waals surface area contributed by atoms with Crippen LogP contribution in [0.1, 0.15) is 0 Å². The molecule has 0 heterocycles. The van der Waals surface area contributed by atoms with Gasteiger partial charge in [0.2, 0.25) is 0 Å². The molecule has 4 radical (unpaired) electrons. The molecule has 0 fully saturated rings. The fourth-order valence-corrected chi connectivity index (χ4v) is 1.26. The predicted octanol–water partition coefficient (Wildman–Crippen LogP) is 1.48. The molecular weight excluding hydrogens is 198 g/mol. The molecule has 0 spiro atoms. The number of hydrogen-bond donors (Lipinski definition) is 2. The van der Waals surface area contributed by atoms with E-state index >= 15 is 0 Å². The third kappa shape index (κ3) is 4.82. The summed E-state index contributed by atoms with van der Waals surface area (Å²) in [5.41, 5.74) is 2.55. The van der Waals surface area contributed by atoms with Crippen molar-refractivity contribution in [2.45, 2.75) is 0 Å². The molecule has 0 atom stereocenters. The Morgan fingerprint density at radius 3 is 1.00 bits per heavy atom. The van der Waals surface area contributed by atoms with Gasteiger partial charge in [-0.3, -0.25) is 0 Å². The summed E-state index contributed by atoms with van der Waals surface area (Å²) in [6.45, 7) is 0. The van der Waals surface area contributed by atoms with E-state index in [-0.39, 0.29) is 0 Å². The first kappa shape index (κ1) is 14.5. The first-order valence-corrected chi connectivity index (χ1v) is 4.59. The lowest BCUT2D eigenvalue weighted by atomic mass is 10.1. The Kier molecular flexibility index (Phi) is 9.08. The second kappa shape index (κ2) is 10.0. The third-order valence-corrected chi connectivity index (χ3v) is 1.88. The average Bonchev–Trinajstić information content (AvgIpc) is 2.45. The van der Waals surface area contributed by atoms with Gasteiger partial charge in [0.05, 0.1) is 0 Å². The first-order valence-electron chi connectivity index (χ1n) is 4.59. The Balaban J connectivity index is 0.000000509. The van der Waals surface area contributed by atoms with Crippen LogP contribution in [0.25, 0.3) is 11.1 Å². The zero-order valence-corrected chi connectivity index (χ0v) is 8.82. The standard InChI is InChI=1S/C12H10.2BHO/c1-3-7-11(8-4-1)12-9-5-2-6-10-12;2*1-2/h1-10H;2*2H. The van der Waals surface area contributed by atoms with E-state index < -0.39 is 0 Å². The molecule has 16 heavy (non-hydrogen) atoms. The molecule has 2 rings (SSSR count). The number of benzene rings is 2. The number of hydrogen-bond acceptors (Lipinski definition) is 2. The molecule has 0 aromatic heterocycles. The average molecular weight is 210 g/mol. The van der Waals surface area contributed by atoms with Crippen LogP contribution in [-0.2, 0) is 0 Å². The van der Waals surface area contributed by atoms with E-state index in [0.717, 1.165) is 0 Å². The topological polar surface area (TPSA) is 40.5 Å². The van der Waals surface area contributed by atoms with Gasteiger partial charge in [0.1, 0.15) is 0 Å². The molecule has 2 aromatic carbocycles. The maximum absolute atomic E-state index is 6.50. The van der Waals surface area contributed by atoms with Gasteiger partial charge in [-0.25, -0.2) is 0 Å². The summed E-state index contributed by atoms with van der Waals surface area (Å²) in [7, 11) is 7.00. The van der Waals surface area contributed by atoms with Gasteiger partial charge >= 0.3 is 0 Å². The summed E-state index contributed by atoms with van der Waals surface area (Å²) in [6, 6.07) is 20.8. The molecule has 2 aromatic rings. The highest BCUT2D eigenvalue weighted by Crippen LogP contribution is 2.17. The van der Waals surface area contributed by atoms with Gasteiger partial charge in [-0.15, -0.1) is 0 Å². The fraction of sp³-hybridized carbons (Fsp3) is 0. The van der Waals surface area contributed by atoms with E-state index in [2.05, 4.69) is 64.6 Å². The van der Waals surface area contributed by atoms with Gasteiger partial charge in [-0.1, -0.05) is 60.7 Å². The van der Waals surface area contributed by atoms with Crippen molar-refractivity contribution >= 4 is 16.1 Å². The van der Waals surface area contributed by atoms with Crippen LogP contribution in [0.5, 0.6) is 0 Å². The van der Waals surface area contributed by atoms with Gasteiger partial charge < -0.3 is 10.0 Å². The molecule has 0 aliphatic heterocycles. The molecule has 0 aliphatic rings. The molecule has 0 unspecified atom stereocenters. The Hall–Kier alpha value is -1.51. The summed E-state index contributed by atoms with van der Waals surface area (Å²) >= 11 is 0. The van der Waals surface area contributed by atoms with Crippen molar-refractivity contribution in [2.75, 3.05) is 0 Å². The van der Waals surface area contributed by atoms with Crippen molar-refractivity contribution in [1.29, 1.82) is 0 Å². The van der Waals surface area contributed by atoms with Crippen LogP contribution in [0, 0.1) is 0 Å². The molecule has 78 valence electrons. The van der Waals surface area contributed by atoms with Crippen molar-refractivity contribution in [1.82, 2.24) is 0 Å². The van der Waals surface area contributed by atoms with Crippen LogP contribution in [0.3, 0.4) is 0 Å². The second-order valence-corrected chi connectivity index (χ2v) is 2.73. The highest BCUT2D eigenvalue weighted by Gasteiger charge is 1.91. The first-order chi connectivity index (χ1) is 7.97. The second-order valence-electron chi connectivity index (χ2n) is 2.73. The van der Waals surface area contributed by atoms with Crippen LogP contribution < -0.4 is 0 Å². The fourth-order valence-electron chi connectivity index (χ4n) is 1.26. The maximum Gasteiger partial charge on any atom is 0.277 e. The SMILES string of the molecule is [B]O.[B]O.c1ccc(-c2ccccc2)cc1. The molecular formula is C12H12B2O2. The highest BCUT2D eigenvalue weighted by atomic mass is 16.2. The lowest BCUT2D eigenvalue weighted by Crippen LogP contribution is -1.73. The van der Waals surface area contributed by atoms with Crippen LogP contribution in [0.15, 0.2) is 60.7 Å². The van der Waals surface area contributed by atoms with Crippen molar-refractivity contribution in [3.8, 4) is 11.1 Å². The normalized spacial score (nSPS) is 7.88. The molecule has 0 saturated heterocycles. The van der Waals surface area contributed by atoms with E-state index in [4.69, 9.17) is 10.0 Å². The van der Waals surface area contributed by atoms with E-state index in [1.165, 1.54) is 11.1 Å². The van der Waals surface area contributed by atoms with Crippen molar-refractivity contribution < 1.29 is 10.0 Å². The molecule has 2 nitrogen and oxygen atoms in total. The summed E-state index contributed by atoms with van der Waals surface area (Å²) < 4.78 is 0. The zero-order valence-electron chi connectivity index (χ0n) is 8.82. The minimum Gasteiger partial charge on any atom is -0.461 e. The quantitative estimate of drug-likeness (QED) is 0.699. The Morgan fingerprint density at radius 1 is 0.500 bits per heavy atom. The lowest BCUT2D eigenvalue weighted by Gasteiger charge is -1.98. The van der Waals surface area contributed by atoms with Gasteiger partial charge in [0.15, 0.2) is 0 Å². The van der Waals surface area contributed by atoms with Gasteiger partial charge in [0, 0.05) is 0 Å². The Morgan fingerprint density at radius 2 is 0.750 bits per heavy atom. The monoisotopic (exact) mass is 210 g/mol. The van der Waals surface area contributed by atoms with Crippen LogP contribution in [-0.4, -0.2) is 26.1 Å². The molecule has 0 bridgehead atoms. The van der Waals surface area contributed by atoms with Gasteiger partial charge in [-0.2, -0.15) is 0 Å². The summed E-state index contributed by atoms with van der Waals surface area (Å²) in [4.78, 5) is 0. The minimum absolute atomic E-state index is 1.28. The summed E-state index contributed by atoms with van der Waals surface area (Å²) in [6.07, 6.45) is 0. The smallest absolute Gasteiger partial charge is 0.277 e. The van der Waals surface area contributed by atoms with Crippen molar-refractivity contribution in [3.63, 3.8) is 0 Å². The van der Waals surface area contributed by atoms with E-state index in [1.807, 2.05) is 12.1 Å².